The van der Waals surface area contributed by atoms with Gasteiger partial charge in [0.15, 0.2) is 0 Å². The lowest BCUT2D eigenvalue weighted by Crippen LogP contribution is -2.51. The third kappa shape index (κ3) is 44.3. The highest BCUT2D eigenvalue weighted by Crippen LogP contribution is 2.32. The molecule has 21 heteroatoms. The Bertz CT molecular complexity index is 3060. The van der Waals surface area contributed by atoms with Crippen molar-refractivity contribution in [1.29, 1.82) is 0 Å². The van der Waals surface area contributed by atoms with Crippen LogP contribution < -0.4 is 26.6 Å². The maximum Gasteiger partial charge on any atom is 0.250 e. The molecule has 0 aliphatic heterocycles. The van der Waals surface area contributed by atoms with Gasteiger partial charge in [0.2, 0.25) is 29.5 Å². The van der Waals surface area contributed by atoms with Gasteiger partial charge in [-0.05, 0) is 237 Å². The van der Waals surface area contributed by atoms with Crippen molar-refractivity contribution >= 4 is 29.5 Å². The van der Waals surface area contributed by atoms with Crippen molar-refractivity contribution in [1.82, 2.24) is 26.6 Å². The highest BCUT2D eigenvalue weighted by Gasteiger charge is 2.36. The SMILES string of the molecule is C=C(C)CC(OCc1cc(F)cc(F)c1)C(=O)NC(C)(C)C.CC(C)(C)NC(=O)C(CC1CCCC1)OCc1cc(F)cc(F)c1.CC(C)(C)NC(=O)C(OCC1CCCC1)C(C)(C)C.CC(C)C(OCC1CCCC1)C(=O)NC(C)(C)C.CC(C)CC(OCc1cc(F)cc(F)c1)C(=O)NC(C)(C)C. The van der Waals surface area contributed by atoms with Crippen LogP contribution in [0.3, 0.4) is 0 Å². The number of halogens is 6. The van der Waals surface area contributed by atoms with Crippen LogP contribution in [0.25, 0.3) is 0 Å². The normalized spacial score (nSPS) is 16.2. The van der Waals surface area contributed by atoms with Crippen LogP contribution in [0.1, 0.15) is 272 Å². The summed E-state index contributed by atoms with van der Waals surface area (Å²) in [6.07, 6.45) is 13.7. The van der Waals surface area contributed by atoms with Crippen LogP contribution in [0.5, 0.6) is 0 Å². The summed E-state index contributed by atoms with van der Waals surface area (Å²) in [7, 11) is 0. The first-order valence-corrected chi connectivity index (χ1v) is 37.9. The van der Waals surface area contributed by atoms with Crippen molar-refractivity contribution in [3.05, 3.63) is 118 Å². The molecule has 5 amide bonds. The number of hydrogen-bond acceptors (Lipinski definition) is 10. The fourth-order valence-corrected chi connectivity index (χ4v) is 12.0. The first kappa shape index (κ1) is 95.2. The largest absolute Gasteiger partial charge is 0.368 e. The summed E-state index contributed by atoms with van der Waals surface area (Å²) in [5.74, 6) is -2.27. The first-order chi connectivity index (χ1) is 48.2. The van der Waals surface area contributed by atoms with Gasteiger partial charge in [0.1, 0.15) is 65.4 Å². The molecule has 5 atom stereocenters. The molecule has 3 saturated carbocycles. The summed E-state index contributed by atoms with van der Waals surface area (Å²) in [6, 6.07) is 9.67. The number of benzene rings is 3. The van der Waals surface area contributed by atoms with Crippen LogP contribution in [0, 0.1) is 69.9 Å². The predicted octanol–water partition coefficient (Wildman–Crippen LogP) is 18.5. The lowest BCUT2D eigenvalue weighted by Gasteiger charge is -2.33. The summed E-state index contributed by atoms with van der Waals surface area (Å²) < 4.78 is 108. The van der Waals surface area contributed by atoms with E-state index in [9.17, 15) is 50.3 Å². The fraction of sp³-hybridized carbons (Fsp3) is 0.702. The first-order valence-electron chi connectivity index (χ1n) is 37.9. The van der Waals surface area contributed by atoms with E-state index in [2.05, 4.69) is 53.9 Å². The van der Waals surface area contributed by atoms with E-state index in [1.54, 1.807) is 6.92 Å². The van der Waals surface area contributed by atoms with Crippen LogP contribution in [0.15, 0.2) is 66.7 Å². The van der Waals surface area contributed by atoms with E-state index in [1.807, 2.05) is 132 Å². The second-order valence-electron chi connectivity index (χ2n) is 36.0. The summed E-state index contributed by atoms with van der Waals surface area (Å²) in [6.45, 7) is 50.3. The van der Waals surface area contributed by atoms with E-state index in [1.165, 1.54) is 101 Å². The Hall–Kier alpha value is -5.87. The molecular weight excluding hydrogens is 1350 g/mol. The Balaban J connectivity index is 0.000000448. The summed E-state index contributed by atoms with van der Waals surface area (Å²) >= 11 is 0. The average Bonchev–Trinajstić information content (AvgIpc) is 1.83. The molecule has 0 heterocycles. The molecule has 15 nitrogen and oxygen atoms in total. The number of carbonyl (C=O) groups is 5. The zero-order chi connectivity index (χ0) is 80.0. The van der Waals surface area contributed by atoms with E-state index in [4.69, 9.17) is 23.7 Å². The van der Waals surface area contributed by atoms with Gasteiger partial charge in [-0.2, -0.15) is 0 Å². The van der Waals surface area contributed by atoms with Gasteiger partial charge in [0, 0.05) is 52.3 Å². The summed E-state index contributed by atoms with van der Waals surface area (Å²) in [5.41, 5.74) is 0.222. The monoisotopic (exact) mass is 1490 g/mol. The molecule has 6 rings (SSSR count). The van der Waals surface area contributed by atoms with Crippen LogP contribution in [0.2, 0.25) is 0 Å². The quantitative estimate of drug-likeness (QED) is 0.0362. The van der Waals surface area contributed by atoms with Gasteiger partial charge < -0.3 is 50.3 Å². The van der Waals surface area contributed by atoms with Gasteiger partial charge in [-0.1, -0.05) is 105 Å². The van der Waals surface area contributed by atoms with E-state index < -0.39 is 58.8 Å². The lowest BCUT2D eigenvalue weighted by molar-refractivity contribution is -0.143. The fourth-order valence-electron chi connectivity index (χ4n) is 12.0. The second kappa shape index (κ2) is 44.6. The maximum atomic E-state index is 13.3. The van der Waals surface area contributed by atoms with Crippen molar-refractivity contribution < 1.29 is 74.0 Å². The second-order valence-corrected chi connectivity index (χ2v) is 36.0. The van der Waals surface area contributed by atoms with Crippen LogP contribution in [-0.2, 0) is 67.5 Å². The van der Waals surface area contributed by atoms with E-state index >= 15 is 0 Å². The third-order valence-electron chi connectivity index (χ3n) is 16.6. The molecule has 5 N–H and O–H groups in total. The van der Waals surface area contributed by atoms with Crippen LogP contribution in [-0.4, -0.2) is 101 Å². The molecule has 0 bridgehead atoms. The zero-order valence-electron chi connectivity index (χ0n) is 68.2. The van der Waals surface area contributed by atoms with E-state index in [-0.39, 0.29) is 101 Å². The van der Waals surface area contributed by atoms with Gasteiger partial charge >= 0.3 is 0 Å². The molecule has 598 valence electrons. The van der Waals surface area contributed by atoms with Gasteiger partial charge in [-0.25, -0.2) is 26.3 Å². The predicted molar refractivity (Wildman–Crippen MR) is 407 cm³/mol. The molecule has 3 aromatic carbocycles. The minimum absolute atomic E-state index is 0.0103. The van der Waals surface area contributed by atoms with Crippen LogP contribution >= 0.6 is 0 Å². The number of hydrogen-bond donors (Lipinski definition) is 5. The zero-order valence-corrected chi connectivity index (χ0v) is 68.2. The van der Waals surface area contributed by atoms with Crippen molar-refractivity contribution in [2.45, 2.75) is 334 Å². The molecule has 3 aliphatic carbocycles. The molecule has 0 spiro atoms. The molecule has 3 aromatic rings. The molecule has 0 radical (unpaired) electrons. The van der Waals surface area contributed by atoms with Crippen molar-refractivity contribution in [2.75, 3.05) is 13.2 Å². The van der Waals surface area contributed by atoms with Crippen molar-refractivity contribution in [3.8, 4) is 0 Å². The Labute approximate surface area is 627 Å². The Morgan fingerprint density at radius 2 is 0.686 bits per heavy atom. The van der Waals surface area contributed by atoms with Crippen LogP contribution in [0.4, 0.5) is 26.3 Å². The standard InChI is InChI=1S/C19H27F2NO2.C17H25F2NO2.C17H23F2NO2.C16H31NO2.C15H29NO2/c1-19(2,3)22-18(23)17(10-13-6-4-5-7-13)24-12-14-8-15(20)11-16(21)9-14;2*1-11(2)6-15(16(21)20-17(3,4)5)22-10-12-7-13(18)9-14(19)8-12;1-15(2,3)13(14(18)17-16(4,5)6)19-11-12-9-7-8-10-12;1-11(2)13(14(17)16-15(3,4)5)18-10-12-8-6-7-9-12/h8-9,11,13,17H,4-7,10,12H2,1-3H3,(H,22,23);7-9,11,15H,6,10H2,1-5H3,(H,20,21);7-9,15H,1,6,10H2,2-5H3,(H,20,21);12-13H,7-11H2,1-6H3,(H,17,18);11-13H,6-10H2,1-5H3,(H,16,17). The van der Waals surface area contributed by atoms with Gasteiger partial charge in [0.05, 0.1) is 33.0 Å². The lowest BCUT2D eigenvalue weighted by atomic mass is 9.87. The Morgan fingerprint density at radius 3 is 1.00 bits per heavy atom. The molecule has 105 heavy (non-hydrogen) atoms. The minimum atomic E-state index is -0.747. The highest BCUT2D eigenvalue weighted by atomic mass is 19.2. The molecule has 5 unspecified atom stereocenters. The molecule has 0 aromatic heterocycles. The number of carbonyl (C=O) groups excluding carboxylic acids is 5. The summed E-state index contributed by atoms with van der Waals surface area (Å²) in [4.78, 5) is 61.6. The highest BCUT2D eigenvalue weighted by molar-refractivity contribution is 5.83. The van der Waals surface area contributed by atoms with Crippen molar-refractivity contribution in [3.63, 3.8) is 0 Å². The molecule has 3 fully saturated rings. The van der Waals surface area contributed by atoms with Gasteiger partial charge in [-0.3, -0.25) is 24.0 Å². The smallest absolute Gasteiger partial charge is 0.250 e. The summed E-state index contributed by atoms with van der Waals surface area (Å²) in [5, 5.41) is 14.7. The number of ether oxygens (including phenoxy) is 5. The Morgan fingerprint density at radius 1 is 0.400 bits per heavy atom. The number of rotatable bonds is 27. The van der Waals surface area contributed by atoms with Crippen molar-refractivity contribution in [2.24, 2.45) is 35.0 Å². The number of amides is 5. The molecular formula is C84H135F6N5O10. The Kier molecular flexibility index (Phi) is 40.4. The van der Waals surface area contributed by atoms with Gasteiger partial charge in [-0.15, -0.1) is 6.58 Å². The maximum absolute atomic E-state index is 13.3. The average molecular weight is 1490 g/mol. The molecule has 0 saturated heterocycles. The van der Waals surface area contributed by atoms with E-state index in [0.29, 0.717) is 53.7 Å². The van der Waals surface area contributed by atoms with E-state index in [0.717, 1.165) is 49.8 Å². The number of nitrogens with one attached hydrogen (secondary N) is 5. The topological polar surface area (TPSA) is 192 Å². The van der Waals surface area contributed by atoms with Gasteiger partial charge in [0.25, 0.3) is 0 Å². The third-order valence-corrected chi connectivity index (χ3v) is 16.6. The molecule has 3 aliphatic rings. The minimum Gasteiger partial charge on any atom is -0.368 e.